The molecule has 1 aliphatic rings. The maximum atomic E-state index is 12.5. The minimum absolute atomic E-state index is 0.0306. The fourth-order valence-corrected chi connectivity index (χ4v) is 4.97. The first kappa shape index (κ1) is 27.7. The Kier molecular flexibility index (Phi) is 8.08. The van der Waals surface area contributed by atoms with Gasteiger partial charge < -0.3 is 39.5 Å². The number of anilines is 1. The average molecular weight is 564 g/mol. The molecule has 19 heteroatoms. The molecular weight excluding hydrogens is 537 g/mol. The fourth-order valence-electron chi connectivity index (χ4n) is 3.92. The van der Waals surface area contributed by atoms with Gasteiger partial charge >= 0.3 is 7.60 Å². The predicted octanol–water partition coefficient (Wildman–Crippen LogP) is -0.788. The monoisotopic (exact) mass is 563 g/mol. The van der Waals surface area contributed by atoms with Gasteiger partial charge in [-0.3, -0.25) is 4.57 Å². The SMILES string of the molecule is COC[C@](Cc1nn[nH]n1)(OC[C@H]1O[C@@H](n2ncc3c(NC(C)C)nc(Cl)nc32)[C@H](O)[C@@H]1O)P(=O)(O)O. The molecule has 6 N–H and O–H groups in total. The molecule has 204 valence electrons. The Hall–Kier alpha value is -2.34. The second kappa shape index (κ2) is 10.8. The number of hydrogen-bond donors (Lipinski definition) is 6. The van der Waals surface area contributed by atoms with Gasteiger partial charge in [0.25, 0.3) is 0 Å². The van der Waals surface area contributed by atoms with Gasteiger partial charge in [0.05, 0.1) is 31.2 Å². The number of aromatic amines is 1. The first-order valence-corrected chi connectivity index (χ1v) is 13.0. The third-order valence-corrected chi connectivity index (χ3v) is 7.32. The van der Waals surface area contributed by atoms with Gasteiger partial charge in [0.1, 0.15) is 24.1 Å². The molecule has 1 saturated heterocycles. The highest BCUT2D eigenvalue weighted by Gasteiger charge is 2.52. The van der Waals surface area contributed by atoms with Crippen molar-refractivity contribution in [1.29, 1.82) is 0 Å². The number of hydrogen-bond acceptors (Lipinski definition) is 13. The quantitative estimate of drug-likeness (QED) is 0.124. The number of nitrogens with one attached hydrogen (secondary N) is 2. The molecule has 17 nitrogen and oxygen atoms in total. The number of aliphatic hydroxyl groups is 2. The van der Waals surface area contributed by atoms with E-state index in [4.69, 9.17) is 25.8 Å². The summed E-state index contributed by atoms with van der Waals surface area (Å²) in [5.41, 5.74) is 0.238. The Labute approximate surface area is 214 Å². The maximum absolute atomic E-state index is 12.5. The van der Waals surface area contributed by atoms with Crippen molar-refractivity contribution in [1.82, 2.24) is 40.4 Å². The van der Waals surface area contributed by atoms with Crippen molar-refractivity contribution in [3.63, 3.8) is 0 Å². The molecule has 37 heavy (non-hydrogen) atoms. The van der Waals surface area contributed by atoms with Crippen LogP contribution in [0.4, 0.5) is 5.82 Å². The molecule has 0 bridgehead atoms. The standard InChI is InChI=1S/C18H27ClN9O8P/c1-8(2)21-14-9-5-20-28(15(9)23-17(19)22-14)16-13(30)12(29)10(36-16)6-35-18(7-34-3,37(31,32)33)4-11-24-26-27-25-11/h5,8,10,12-13,16,29-30H,4,6-7H2,1-3H3,(H,21,22,23)(H2,31,32,33)(H,24,25,26,27)/t10-,12-,13-,16-,18-/m1/s1. The summed E-state index contributed by atoms with van der Waals surface area (Å²) in [5, 5.41) is 40.1. The molecule has 1 fully saturated rings. The third kappa shape index (κ3) is 5.59. The van der Waals surface area contributed by atoms with Crippen molar-refractivity contribution in [2.45, 2.75) is 56.2 Å². The van der Waals surface area contributed by atoms with Crippen LogP contribution >= 0.6 is 19.2 Å². The molecule has 1 aliphatic heterocycles. The molecule has 0 aromatic carbocycles. The smallest absolute Gasteiger partial charge is 0.359 e. The van der Waals surface area contributed by atoms with Crippen LogP contribution in [-0.2, 0) is 25.2 Å². The predicted molar refractivity (Wildman–Crippen MR) is 126 cm³/mol. The number of rotatable bonds is 11. The van der Waals surface area contributed by atoms with Gasteiger partial charge in [-0.05, 0) is 25.4 Å². The first-order valence-electron chi connectivity index (χ1n) is 11.1. The molecule has 0 spiro atoms. The topological polar surface area (TPSA) is 236 Å². The van der Waals surface area contributed by atoms with Gasteiger partial charge in [-0.25, -0.2) is 4.68 Å². The van der Waals surface area contributed by atoms with Crippen LogP contribution in [0.5, 0.6) is 0 Å². The molecule has 0 aliphatic carbocycles. The van der Waals surface area contributed by atoms with Gasteiger partial charge in [-0.1, -0.05) is 5.21 Å². The zero-order chi connectivity index (χ0) is 27.0. The molecular formula is C18H27ClN9O8P. The van der Waals surface area contributed by atoms with Crippen LogP contribution < -0.4 is 5.32 Å². The largest absolute Gasteiger partial charge is 0.387 e. The number of halogens is 1. The highest BCUT2D eigenvalue weighted by molar-refractivity contribution is 7.53. The van der Waals surface area contributed by atoms with E-state index >= 15 is 0 Å². The van der Waals surface area contributed by atoms with Crippen molar-refractivity contribution in [2.75, 3.05) is 25.6 Å². The van der Waals surface area contributed by atoms with E-state index in [1.807, 2.05) is 13.8 Å². The first-order chi connectivity index (χ1) is 17.5. The zero-order valence-corrected chi connectivity index (χ0v) is 21.6. The van der Waals surface area contributed by atoms with Crippen molar-refractivity contribution >= 4 is 36.0 Å². The Morgan fingerprint density at radius 3 is 2.70 bits per heavy atom. The van der Waals surface area contributed by atoms with Crippen molar-refractivity contribution in [3.8, 4) is 0 Å². The molecule has 4 rings (SSSR count). The average Bonchev–Trinajstić information content (AvgIpc) is 3.52. The molecule has 0 radical (unpaired) electrons. The van der Waals surface area contributed by atoms with Crippen LogP contribution in [-0.4, -0.2) is 110 Å². The minimum atomic E-state index is -5.00. The van der Waals surface area contributed by atoms with E-state index in [2.05, 4.69) is 41.0 Å². The van der Waals surface area contributed by atoms with Crippen molar-refractivity contribution in [3.05, 3.63) is 17.3 Å². The lowest BCUT2D eigenvalue weighted by Gasteiger charge is -2.33. The van der Waals surface area contributed by atoms with Crippen LogP contribution in [0, 0.1) is 0 Å². The number of aliphatic hydroxyl groups excluding tert-OH is 2. The minimum Gasteiger partial charge on any atom is -0.387 e. The van der Waals surface area contributed by atoms with Crippen molar-refractivity contribution < 1.29 is 38.8 Å². The number of ether oxygens (including phenoxy) is 3. The maximum Gasteiger partial charge on any atom is 0.359 e. The van der Waals surface area contributed by atoms with E-state index in [-0.39, 0.29) is 22.8 Å². The van der Waals surface area contributed by atoms with Crippen LogP contribution in [0.25, 0.3) is 11.0 Å². The van der Waals surface area contributed by atoms with E-state index < -0.39 is 57.1 Å². The van der Waals surface area contributed by atoms with Crippen LogP contribution in [0.15, 0.2) is 6.20 Å². The molecule has 3 aromatic heterocycles. The molecule has 4 heterocycles. The number of aromatic nitrogens is 8. The van der Waals surface area contributed by atoms with Gasteiger partial charge in [0.15, 0.2) is 23.0 Å². The lowest BCUT2D eigenvalue weighted by atomic mass is 10.1. The molecule has 0 unspecified atom stereocenters. The molecule has 3 aromatic rings. The van der Waals surface area contributed by atoms with E-state index in [0.717, 1.165) is 0 Å². The summed E-state index contributed by atoms with van der Waals surface area (Å²) in [7, 11) is -3.76. The summed E-state index contributed by atoms with van der Waals surface area (Å²) in [6.45, 7) is 2.76. The Morgan fingerprint density at radius 2 is 2.08 bits per heavy atom. The highest BCUT2D eigenvalue weighted by atomic mass is 35.5. The lowest BCUT2D eigenvalue weighted by Crippen LogP contribution is -2.44. The summed E-state index contributed by atoms with van der Waals surface area (Å²) >= 11 is 6.09. The van der Waals surface area contributed by atoms with Crippen LogP contribution in [0.3, 0.4) is 0 Å². The van der Waals surface area contributed by atoms with E-state index in [1.165, 1.54) is 18.0 Å². The van der Waals surface area contributed by atoms with E-state index in [9.17, 15) is 24.6 Å². The number of H-pyrrole nitrogens is 1. The second-order valence-corrected chi connectivity index (χ2v) is 11.0. The highest BCUT2D eigenvalue weighted by Crippen LogP contribution is 2.53. The summed E-state index contributed by atoms with van der Waals surface area (Å²) in [5.74, 6) is 0.396. The normalized spacial score (nSPS) is 24.1. The van der Waals surface area contributed by atoms with Crippen LogP contribution in [0.2, 0.25) is 5.28 Å². The summed E-state index contributed by atoms with van der Waals surface area (Å²) in [6, 6.07) is 0.0306. The lowest BCUT2D eigenvalue weighted by molar-refractivity contribution is -0.113. The number of nitrogens with zero attached hydrogens (tertiary/aromatic N) is 7. The fraction of sp³-hybridized carbons (Fsp3) is 0.667. The van der Waals surface area contributed by atoms with Crippen molar-refractivity contribution in [2.24, 2.45) is 0 Å². The summed E-state index contributed by atoms with van der Waals surface area (Å²) in [6.07, 6.45) is -4.42. The summed E-state index contributed by atoms with van der Waals surface area (Å²) in [4.78, 5) is 28.6. The third-order valence-electron chi connectivity index (χ3n) is 5.67. The Balaban J connectivity index is 1.58. The van der Waals surface area contributed by atoms with Gasteiger partial charge in [0.2, 0.25) is 5.28 Å². The van der Waals surface area contributed by atoms with Gasteiger partial charge in [-0.15, -0.1) is 10.2 Å². The summed E-state index contributed by atoms with van der Waals surface area (Å²) < 4.78 is 30.2. The molecule has 0 amide bonds. The second-order valence-electron chi connectivity index (χ2n) is 8.75. The number of methoxy groups -OCH3 is 1. The Morgan fingerprint density at radius 1 is 1.32 bits per heavy atom. The van der Waals surface area contributed by atoms with Gasteiger partial charge in [-0.2, -0.15) is 20.3 Å². The number of fused-ring (bicyclic) bond motifs is 1. The molecule has 0 saturated carbocycles. The van der Waals surface area contributed by atoms with E-state index in [0.29, 0.717) is 11.2 Å². The van der Waals surface area contributed by atoms with Crippen LogP contribution in [0.1, 0.15) is 25.9 Å². The zero-order valence-electron chi connectivity index (χ0n) is 20.0. The Bertz CT molecular complexity index is 1260. The number of tetrazole rings is 1. The van der Waals surface area contributed by atoms with Gasteiger partial charge in [0, 0.05) is 13.2 Å². The van der Waals surface area contributed by atoms with E-state index in [1.54, 1.807) is 0 Å². The molecule has 5 atom stereocenters.